The highest BCUT2D eigenvalue weighted by atomic mass is 35.5. The molecule has 2 heterocycles. The quantitative estimate of drug-likeness (QED) is 0.377. The fourth-order valence-corrected chi connectivity index (χ4v) is 5.39. The highest BCUT2D eigenvalue weighted by Crippen LogP contribution is 2.45. The lowest BCUT2D eigenvalue weighted by atomic mass is 9.97. The van der Waals surface area contributed by atoms with Gasteiger partial charge in [0.05, 0.1) is 12.2 Å². The van der Waals surface area contributed by atoms with Crippen molar-refractivity contribution < 1.29 is 28.2 Å². The molecule has 0 unspecified atom stereocenters. The van der Waals surface area contributed by atoms with Crippen molar-refractivity contribution in [3.8, 4) is 5.75 Å². The average Bonchev–Trinajstić information content (AvgIpc) is 3.61. The first-order valence-corrected chi connectivity index (χ1v) is 14.3. The van der Waals surface area contributed by atoms with Crippen molar-refractivity contribution in [1.82, 2.24) is 9.80 Å². The lowest BCUT2D eigenvalue weighted by Gasteiger charge is -2.32. The molecule has 2 aliphatic heterocycles. The predicted molar refractivity (Wildman–Crippen MR) is 148 cm³/mol. The lowest BCUT2D eigenvalue weighted by Crippen LogP contribution is -2.35. The van der Waals surface area contributed by atoms with Gasteiger partial charge in [0.2, 0.25) is 0 Å². The Labute approximate surface area is 234 Å². The number of carbonyl (C=O) groups is 2. The normalized spacial score (nSPS) is 17.5. The van der Waals surface area contributed by atoms with Gasteiger partial charge in [-0.05, 0) is 98.8 Å². The largest absolute Gasteiger partial charge is 0.493 e. The number of carboxylic acid groups (broad SMARTS) is 1. The van der Waals surface area contributed by atoms with Gasteiger partial charge in [-0.1, -0.05) is 25.4 Å². The van der Waals surface area contributed by atoms with Crippen LogP contribution in [-0.4, -0.2) is 60.1 Å². The molecule has 2 aromatic carbocycles. The van der Waals surface area contributed by atoms with E-state index in [1.807, 2.05) is 19.9 Å². The van der Waals surface area contributed by atoms with Crippen LogP contribution in [0.15, 0.2) is 30.3 Å². The van der Waals surface area contributed by atoms with Crippen LogP contribution in [0.1, 0.15) is 79.8 Å². The molecule has 2 aromatic rings. The summed E-state index contributed by atoms with van der Waals surface area (Å²) in [5.41, 5.74) is 2.04. The first-order chi connectivity index (χ1) is 18.9. The number of ether oxygens (including phenoxy) is 1. The van der Waals surface area contributed by atoms with Gasteiger partial charge < -0.3 is 14.7 Å². The summed E-state index contributed by atoms with van der Waals surface area (Å²) in [4.78, 5) is 25.2. The van der Waals surface area contributed by atoms with Crippen molar-refractivity contribution in [2.24, 2.45) is 5.92 Å². The van der Waals surface area contributed by atoms with Gasteiger partial charge in [0, 0.05) is 30.7 Å². The van der Waals surface area contributed by atoms with E-state index in [1.54, 1.807) is 11.0 Å². The third-order valence-electron chi connectivity index (χ3n) is 7.25. The molecule has 214 valence electrons. The van der Waals surface area contributed by atoms with Gasteiger partial charge in [-0.2, -0.15) is 0 Å². The van der Waals surface area contributed by atoms with Crippen molar-refractivity contribution in [2.75, 3.05) is 32.8 Å². The van der Waals surface area contributed by atoms with Gasteiger partial charge in [-0.3, -0.25) is 14.5 Å². The highest BCUT2D eigenvalue weighted by molar-refractivity contribution is 6.30. The number of likely N-dealkylation sites (tertiary alicyclic amines) is 2. The van der Waals surface area contributed by atoms with Gasteiger partial charge in [-0.25, -0.2) is 8.78 Å². The van der Waals surface area contributed by atoms with E-state index in [-0.39, 0.29) is 23.8 Å². The van der Waals surface area contributed by atoms with E-state index in [0.717, 1.165) is 62.7 Å². The van der Waals surface area contributed by atoms with Crippen molar-refractivity contribution >= 4 is 24.0 Å². The second-order valence-electron chi connectivity index (χ2n) is 10.1. The molecule has 1 N–H and O–H groups in total. The number of carbonyl (C=O) groups excluding carboxylic acids is 1. The molecule has 2 saturated heterocycles. The number of hydrogen-bond donors (Lipinski definition) is 1. The Balaban J connectivity index is 0.000000787. The number of halogens is 3. The van der Waals surface area contributed by atoms with E-state index in [2.05, 4.69) is 4.90 Å². The van der Waals surface area contributed by atoms with Crippen molar-refractivity contribution in [1.29, 1.82) is 0 Å². The fourth-order valence-electron chi connectivity index (χ4n) is 5.14. The molecule has 0 spiro atoms. The van der Waals surface area contributed by atoms with Crippen LogP contribution < -0.4 is 4.74 Å². The van der Waals surface area contributed by atoms with Crippen LogP contribution in [0.2, 0.25) is 5.02 Å². The Morgan fingerprint density at radius 3 is 2.26 bits per heavy atom. The van der Waals surface area contributed by atoms with Crippen molar-refractivity contribution in [2.45, 2.75) is 64.8 Å². The lowest BCUT2D eigenvalue weighted by molar-refractivity contribution is -0.122. The Hall–Kier alpha value is -2.71. The zero-order valence-corrected chi connectivity index (χ0v) is 23.6. The van der Waals surface area contributed by atoms with E-state index in [9.17, 15) is 13.6 Å². The van der Waals surface area contributed by atoms with Crippen LogP contribution in [0.3, 0.4) is 0 Å². The molecule has 9 heteroatoms. The summed E-state index contributed by atoms with van der Waals surface area (Å²) in [6, 6.07) is 7.84. The van der Waals surface area contributed by atoms with E-state index < -0.39 is 5.82 Å². The molecule has 3 fully saturated rings. The van der Waals surface area contributed by atoms with E-state index in [1.165, 1.54) is 18.2 Å². The summed E-state index contributed by atoms with van der Waals surface area (Å²) in [6.07, 6.45) is 6.02. The Bertz CT molecular complexity index is 1080. The maximum Gasteiger partial charge on any atom is 0.290 e. The highest BCUT2D eigenvalue weighted by Gasteiger charge is 2.31. The summed E-state index contributed by atoms with van der Waals surface area (Å²) in [6.45, 7) is 8.18. The maximum absolute atomic E-state index is 14.9. The monoisotopic (exact) mass is 564 g/mol. The van der Waals surface area contributed by atoms with Crippen molar-refractivity contribution in [3.63, 3.8) is 0 Å². The van der Waals surface area contributed by atoms with E-state index in [0.29, 0.717) is 48.8 Å². The summed E-state index contributed by atoms with van der Waals surface area (Å²) in [7, 11) is 0. The summed E-state index contributed by atoms with van der Waals surface area (Å²) in [5.74, 6) is 0.344. The van der Waals surface area contributed by atoms with Gasteiger partial charge in [0.1, 0.15) is 17.4 Å². The van der Waals surface area contributed by atoms with Crippen LogP contribution in [-0.2, 0) is 11.3 Å². The summed E-state index contributed by atoms with van der Waals surface area (Å²) in [5, 5.41) is 7.31. The molecular formula is C30H39ClF2N2O4. The van der Waals surface area contributed by atoms with Crippen LogP contribution in [0.4, 0.5) is 8.78 Å². The molecule has 39 heavy (non-hydrogen) atoms. The van der Waals surface area contributed by atoms with Crippen LogP contribution in [0.5, 0.6) is 5.75 Å². The second-order valence-corrected chi connectivity index (χ2v) is 10.5. The Morgan fingerprint density at radius 1 is 1.03 bits per heavy atom. The molecule has 1 amide bonds. The SMILES string of the molecule is CC.O=C(c1cc(C2CC2)c(OCC2CCN(Cc3cc(F)cc(Cl)c3)CC2)cc1F)N1CCCC1.O=CO. The number of amides is 1. The van der Waals surface area contributed by atoms with Crippen LogP contribution in [0, 0.1) is 17.6 Å². The molecule has 5 rings (SSSR count). The molecule has 6 nitrogen and oxygen atoms in total. The Kier molecular flexibility index (Phi) is 12.0. The minimum absolute atomic E-state index is 0.182. The molecule has 1 aliphatic carbocycles. The topological polar surface area (TPSA) is 70.1 Å². The molecule has 0 atom stereocenters. The predicted octanol–water partition coefficient (Wildman–Crippen LogP) is 6.75. The maximum atomic E-state index is 14.9. The number of rotatable bonds is 7. The first kappa shape index (κ1) is 30.8. The molecular weight excluding hydrogens is 526 g/mol. The van der Waals surface area contributed by atoms with Crippen molar-refractivity contribution in [3.05, 3.63) is 63.7 Å². The van der Waals surface area contributed by atoms with Gasteiger partial charge in [0.15, 0.2) is 0 Å². The second kappa shape index (κ2) is 15.2. The molecule has 3 aliphatic rings. The third-order valence-corrected chi connectivity index (χ3v) is 7.47. The summed E-state index contributed by atoms with van der Waals surface area (Å²) < 4.78 is 34.7. The minimum Gasteiger partial charge on any atom is -0.493 e. The molecule has 1 saturated carbocycles. The standard InChI is InChI=1S/C27H31ClF2N2O2.C2H6.CH2O2/c28-21-11-19(12-22(29)13-21)16-31-9-5-18(6-10-31)17-34-26-15-25(30)24(14-23(26)20-3-4-20)27(33)32-7-1-2-8-32;1-2;2-1-3/h11-15,18,20H,1-10,16-17H2;1-2H3;1H,(H,2,3). The number of benzene rings is 2. The molecule has 0 radical (unpaired) electrons. The van der Waals surface area contributed by atoms with Gasteiger partial charge in [-0.15, -0.1) is 0 Å². The molecule has 0 bridgehead atoms. The number of hydrogen-bond acceptors (Lipinski definition) is 4. The average molecular weight is 565 g/mol. The van der Waals surface area contributed by atoms with Gasteiger partial charge >= 0.3 is 0 Å². The van der Waals surface area contributed by atoms with E-state index in [4.69, 9.17) is 26.2 Å². The number of piperidine rings is 1. The third kappa shape index (κ3) is 8.90. The van der Waals surface area contributed by atoms with Crippen LogP contribution >= 0.6 is 11.6 Å². The first-order valence-electron chi connectivity index (χ1n) is 13.9. The van der Waals surface area contributed by atoms with Gasteiger partial charge in [0.25, 0.3) is 12.4 Å². The Morgan fingerprint density at radius 2 is 1.67 bits per heavy atom. The summed E-state index contributed by atoms with van der Waals surface area (Å²) >= 11 is 5.98. The van der Waals surface area contributed by atoms with E-state index >= 15 is 0 Å². The zero-order chi connectivity index (χ0) is 28.4. The molecule has 0 aromatic heterocycles. The number of nitrogens with zero attached hydrogens (tertiary/aromatic N) is 2. The van der Waals surface area contributed by atoms with Crippen LogP contribution in [0.25, 0.3) is 0 Å². The smallest absolute Gasteiger partial charge is 0.290 e. The fraction of sp³-hybridized carbons (Fsp3) is 0.533. The minimum atomic E-state index is -0.486. The zero-order valence-electron chi connectivity index (χ0n) is 22.8.